The smallest absolute Gasteiger partial charge is 0.191 e. The first-order valence-corrected chi connectivity index (χ1v) is 8.34. The van der Waals surface area contributed by atoms with Crippen molar-refractivity contribution in [3.8, 4) is 0 Å². The lowest BCUT2D eigenvalue weighted by Gasteiger charge is -2.16. The van der Waals surface area contributed by atoms with E-state index in [1.807, 2.05) is 29.3 Å². The molecule has 0 radical (unpaired) electrons. The zero-order valence-corrected chi connectivity index (χ0v) is 13.5. The summed E-state index contributed by atoms with van der Waals surface area (Å²) in [7, 11) is 0. The molecular weight excluding hydrogens is 284 g/mol. The minimum Gasteiger partial charge on any atom is -0.370 e. The van der Waals surface area contributed by atoms with Gasteiger partial charge in [0, 0.05) is 31.0 Å². The molecule has 0 spiro atoms. The van der Waals surface area contributed by atoms with Crippen LogP contribution in [0.15, 0.2) is 29.7 Å². The molecule has 0 saturated carbocycles. The van der Waals surface area contributed by atoms with Gasteiger partial charge in [-0.3, -0.25) is 4.68 Å². The number of hydrogen-bond acceptors (Lipinski definition) is 6. The standard InChI is InChI=1S/C14H22N6S/c1-4-6-15-12-9-13(19-14(18-12)21-3)17-11(2)10-20-8-5-7-16-20/h5,7-9,11H,4,6,10H2,1-3H3,(H2,15,17,18,19). The predicted molar refractivity (Wildman–Crippen MR) is 87.9 cm³/mol. The molecule has 0 amide bonds. The first-order valence-electron chi connectivity index (χ1n) is 7.12. The Bertz CT molecular complexity index is 542. The molecule has 2 N–H and O–H groups in total. The van der Waals surface area contributed by atoms with E-state index >= 15 is 0 Å². The Morgan fingerprint density at radius 2 is 2.14 bits per heavy atom. The predicted octanol–water partition coefficient (Wildman–Crippen LogP) is 2.72. The molecule has 2 heterocycles. The van der Waals surface area contributed by atoms with E-state index in [1.165, 1.54) is 0 Å². The van der Waals surface area contributed by atoms with Crippen molar-refractivity contribution in [3.63, 3.8) is 0 Å². The summed E-state index contributed by atoms with van der Waals surface area (Å²) in [6, 6.07) is 4.11. The Morgan fingerprint density at radius 3 is 2.81 bits per heavy atom. The van der Waals surface area contributed by atoms with Crippen LogP contribution in [0.25, 0.3) is 0 Å². The van der Waals surface area contributed by atoms with Crippen LogP contribution in [-0.4, -0.2) is 38.6 Å². The quantitative estimate of drug-likeness (QED) is 0.577. The second-order valence-electron chi connectivity index (χ2n) is 4.83. The van der Waals surface area contributed by atoms with E-state index in [2.05, 4.69) is 39.5 Å². The second kappa shape index (κ2) is 7.87. The van der Waals surface area contributed by atoms with Crippen LogP contribution in [0, 0.1) is 0 Å². The van der Waals surface area contributed by atoms with Gasteiger partial charge in [0.05, 0.1) is 6.54 Å². The lowest BCUT2D eigenvalue weighted by Crippen LogP contribution is -2.23. The van der Waals surface area contributed by atoms with Gasteiger partial charge in [-0.2, -0.15) is 5.10 Å². The largest absolute Gasteiger partial charge is 0.370 e. The summed E-state index contributed by atoms with van der Waals surface area (Å²) in [5.74, 6) is 1.71. The highest BCUT2D eigenvalue weighted by atomic mass is 32.2. The summed E-state index contributed by atoms with van der Waals surface area (Å²) < 4.78 is 1.91. The minimum absolute atomic E-state index is 0.230. The van der Waals surface area contributed by atoms with Gasteiger partial charge in [0.1, 0.15) is 11.6 Å². The second-order valence-corrected chi connectivity index (χ2v) is 5.60. The third-order valence-corrected chi connectivity index (χ3v) is 3.41. The number of aromatic nitrogens is 4. The summed E-state index contributed by atoms with van der Waals surface area (Å²) in [5.41, 5.74) is 0. The lowest BCUT2D eigenvalue weighted by atomic mass is 10.3. The van der Waals surface area contributed by atoms with E-state index < -0.39 is 0 Å². The fourth-order valence-corrected chi connectivity index (χ4v) is 2.30. The van der Waals surface area contributed by atoms with Gasteiger partial charge in [0.15, 0.2) is 5.16 Å². The maximum atomic E-state index is 4.50. The highest BCUT2D eigenvalue weighted by Gasteiger charge is 2.08. The Morgan fingerprint density at radius 1 is 1.33 bits per heavy atom. The molecule has 0 bridgehead atoms. The minimum atomic E-state index is 0.230. The third-order valence-electron chi connectivity index (χ3n) is 2.86. The number of thioether (sulfide) groups is 1. The highest BCUT2D eigenvalue weighted by molar-refractivity contribution is 7.98. The van der Waals surface area contributed by atoms with Crippen molar-refractivity contribution >= 4 is 23.4 Å². The zero-order chi connectivity index (χ0) is 15.1. The van der Waals surface area contributed by atoms with Gasteiger partial charge in [-0.1, -0.05) is 18.7 Å². The maximum absolute atomic E-state index is 4.50. The molecule has 2 aromatic heterocycles. The summed E-state index contributed by atoms with van der Waals surface area (Å²) in [4.78, 5) is 8.96. The Hall–Kier alpha value is -1.76. The van der Waals surface area contributed by atoms with Crippen molar-refractivity contribution in [2.24, 2.45) is 0 Å². The normalized spacial score (nSPS) is 12.1. The summed E-state index contributed by atoms with van der Waals surface area (Å²) in [6.07, 6.45) is 6.79. The summed E-state index contributed by atoms with van der Waals surface area (Å²) >= 11 is 1.54. The fourth-order valence-electron chi connectivity index (χ4n) is 1.92. The van der Waals surface area contributed by atoms with Crippen molar-refractivity contribution in [2.75, 3.05) is 23.4 Å². The number of hydrogen-bond donors (Lipinski definition) is 2. The maximum Gasteiger partial charge on any atom is 0.191 e. The first-order chi connectivity index (χ1) is 10.2. The van der Waals surface area contributed by atoms with Crippen LogP contribution in [-0.2, 0) is 6.54 Å². The molecule has 0 aromatic carbocycles. The Labute approximate surface area is 129 Å². The molecule has 6 nitrogen and oxygen atoms in total. The molecule has 7 heteroatoms. The van der Waals surface area contributed by atoms with Crippen molar-refractivity contribution < 1.29 is 0 Å². The molecule has 0 saturated heterocycles. The molecule has 1 unspecified atom stereocenters. The van der Waals surface area contributed by atoms with E-state index in [4.69, 9.17) is 0 Å². The molecule has 0 fully saturated rings. The van der Waals surface area contributed by atoms with Crippen LogP contribution in [0.5, 0.6) is 0 Å². The molecular formula is C14H22N6S. The van der Waals surface area contributed by atoms with Crippen LogP contribution >= 0.6 is 11.8 Å². The first kappa shape index (κ1) is 15.6. The average molecular weight is 306 g/mol. The van der Waals surface area contributed by atoms with E-state index in [0.29, 0.717) is 0 Å². The van der Waals surface area contributed by atoms with Gasteiger partial charge in [0.25, 0.3) is 0 Å². The van der Waals surface area contributed by atoms with Crippen LogP contribution in [0.3, 0.4) is 0 Å². The van der Waals surface area contributed by atoms with Gasteiger partial charge < -0.3 is 10.6 Å². The monoisotopic (exact) mass is 306 g/mol. The van der Waals surface area contributed by atoms with Crippen molar-refractivity contribution in [1.82, 2.24) is 19.7 Å². The van der Waals surface area contributed by atoms with Gasteiger partial charge in [0.2, 0.25) is 0 Å². The van der Waals surface area contributed by atoms with E-state index in [9.17, 15) is 0 Å². The van der Waals surface area contributed by atoms with Gasteiger partial charge in [-0.05, 0) is 25.7 Å². The third kappa shape index (κ3) is 4.93. The summed E-state index contributed by atoms with van der Waals surface area (Å²) in [5, 5.41) is 11.7. The average Bonchev–Trinajstić information content (AvgIpc) is 2.97. The molecule has 0 aliphatic carbocycles. The van der Waals surface area contributed by atoms with Gasteiger partial charge in [-0.15, -0.1) is 0 Å². The van der Waals surface area contributed by atoms with Crippen LogP contribution in [0.4, 0.5) is 11.6 Å². The summed E-state index contributed by atoms with van der Waals surface area (Å²) in [6.45, 7) is 5.95. The van der Waals surface area contributed by atoms with E-state index in [0.717, 1.165) is 36.3 Å². The Balaban J connectivity index is 2.03. The molecule has 114 valence electrons. The molecule has 0 aliphatic rings. The van der Waals surface area contributed by atoms with Crippen LogP contribution < -0.4 is 10.6 Å². The SMILES string of the molecule is CCCNc1cc(NC(C)Cn2cccn2)nc(SC)n1. The molecule has 2 rings (SSSR count). The van der Waals surface area contributed by atoms with Crippen LogP contribution in [0.2, 0.25) is 0 Å². The molecule has 1 atom stereocenters. The number of rotatable bonds is 8. The van der Waals surface area contributed by atoms with Gasteiger partial charge >= 0.3 is 0 Å². The lowest BCUT2D eigenvalue weighted by molar-refractivity contribution is 0.559. The fraction of sp³-hybridized carbons (Fsp3) is 0.500. The van der Waals surface area contributed by atoms with Crippen molar-refractivity contribution in [2.45, 2.75) is 38.0 Å². The van der Waals surface area contributed by atoms with Crippen molar-refractivity contribution in [3.05, 3.63) is 24.5 Å². The number of nitrogens with one attached hydrogen (secondary N) is 2. The number of anilines is 2. The highest BCUT2D eigenvalue weighted by Crippen LogP contribution is 2.18. The van der Waals surface area contributed by atoms with Crippen molar-refractivity contribution in [1.29, 1.82) is 0 Å². The molecule has 21 heavy (non-hydrogen) atoms. The zero-order valence-electron chi connectivity index (χ0n) is 12.7. The molecule has 2 aromatic rings. The van der Waals surface area contributed by atoms with Crippen LogP contribution in [0.1, 0.15) is 20.3 Å². The number of nitrogens with zero attached hydrogens (tertiary/aromatic N) is 4. The van der Waals surface area contributed by atoms with E-state index in [-0.39, 0.29) is 6.04 Å². The molecule has 0 aliphatic heterocycles. The van der Waals surface area contributed by atoms with E-state index in [1.54, 1.807) is 18.0 Å². The topological polar surface area (TPSA) is 67.7 Å². The Kier molecular flexibility index (Phi) is 5.86. The van der Waals surface area contributed by atoms with Gasteiger partial charge in [-0.25, -0.2) is 9.97 Å².